The van der Waals surface area contributed by atoms with Crippen LogP contribution in [0, 0.1) is 0 Å². The molecule has 4 aromatic rings. The van der Waals surface area contributed by atoms with Gasteiger partial charge in [-0.2, -0.15) is 5.10 Å². The second-order valence-corrected chi connectivity index (χ2v) is 7.44. The summed E-state index contributed by atoms with van der Waals surface area (Å²) in [7, 11) is 3.13. The largest absolute Gasteiger partial charge is 0.495 e. The van der Waals surface area contributed by atoms with E-state index in [1.807, 2.05) is 41.8 Å². The highest BCUT2D eigenvalue weighted by Gasteiger charge is 2.18. The third-order valence-corrected chi connectivity index (χ3v) is 5.44. The van der Waals surface area contributed by atoms with Crippen molar-refractivity contribution in [2.45, 2.75) is 6.54 Å². The summed E-state index contributed by atoms with van der Waals surface area (Å²) < 4.78 is 10.7. The third-order valence-electron chi connectivity index (χ3n) is 4.56. The van der Waals surface area contributed by atoms with Crippen molar-refractivity contribution < 1.29 is 14.3 Å². The van der Waals surface area contributed by atoms with Gasteiger partial charge in [-0.15, -0.1) is 11.3 Å². The fourth-order valence-corrected chi connectivity index (χ4v) is 3.72. The van der Waals surface area contributed by atoms with Crippen molar-refractivity contribution in [3.63, 3.8) is 0 Å². The van der Waals surface area contributed by atoms with Crippen molar-refractivity contribution in [1.29, 1.82) is 0 Å². The highest BCUT2D eigenvalue weighted by atomic mass is 32.1. The number of pyridine rings is 1. The number of ether oxygens (including phenoxy) is 2. The molecule has 0 aliphatic carbocycles. The van der Waals surface area contributed by atoms with Gasteiger partial charge < -0.3 is 14.8 Å². The first-order chi connectivity index (χ1) is 14.7. The summed E-state index contributed by atoms with van der Waals surface area (Å²) in [4.78, 5) is 18.1. The Morgan fingerprint density at radius 3 is 2.77 bits per heavy atom. The molecule has 7 nitrogen and oxygen atoms in total. The van der Waals surface area contributed by atoms with Crippen LogP contribution >= 0.6 is 11.3 Å². The van der Waals surface area contributed by atoms with Gasteiger partial charge >= 0.3 is 0 Å². The Morgan fingerprint density at radius 1 is 1.17 bits per heavy atom. The van der Waals surface area contributed by atoms with Gasteiger partial charge in [0.1, 0.15) is 5.75 Å². The summed E-state index contributed by atoms with van der Waals surface area (Å²) in [5, 5.41) is 13.0. The van der Waals surface area contributed by atoms with Crippen LogP contribution in [0.25, 0.3) is 23.1 Å². The van der Waals surface area contributed by atoms with Gasteiger partial charge in [-0.3, -0.25) is 9.89 Å². The number of nitrogens with one attached hydrogen (secondary N) is 2. The maximum Gasteiger partial charge on any atom is 0.255 e. The van der Waals surface area contributed by atoms with E-state index in [2.05, 4.69) is 20.5 Å². The van der Waals surface area contributed by atoms with Crippen molar-refractivity contribution in [2.24, 2.45) is 0 Å². The Hall–Kier alpha value is -3.65. The molecule has 4 rings (SSSR count). The van der Waals surface area contributed by atoms with Gasteiger partial charge in [0.25, 0.3) is 5.91 Å². The zero-order valence-electron chi connectivity index (χ0n) is 16.5. The number of hydrogen-bond acceptors (Lipinski definition) is 6. The molecular weight excluding hydrogens is 400 g/mol. The lowest BCUT2D eigenvalue weighted by atomic mass is 10.1. The van der Waals surface area contributed by atoms with Gasteiger partial charge in [-0.05, 0) is 41.3 Å². The molecule has 0 bridgehead atoms. The lowest BCUT2D eigenvalue weighted by Crippen LogP contribution is -2.22. The molecule has 152 valence electrons. The van der Waals surface area contributed by atoms with Crippen LogP contribution < -0.4 is 14.8 Å². The Morgan fingerprint density at radius 2 is 2.07 bits per heavy atom. The number of fused-ring (bicyclic) bond motifs is 1. The number of rotatable bonds is 7. The van der Waals surface area contributed by atoms with Crippen molar-refractivity contribution in [3.05, 3.63) is 69.7 Å². The fourth-order valence-electron chi connectivity index (χ4n) is 3.08. The molecule has 3 aromatic heterocycles. The number of aromatic nitrogens is 3. The van der Waals surface area contributed by atoms with Crippen LogP contribution in [0.4, 0.5) is 0 Å². The highest BCUT2D eigenvalue weighted by molar-refractivity contribution is 7.09. The Balaban J connectivity index is 1.63. The SMILES string of the molecule is COc1ccc(C=Cc2n[nH]c3ccc(C(=O)NCc4cccs4)c(OC)c23)cn1. The first-order valence-electron chi connectivity index (χ1n) is 9.23. The summed E-state index contributed by atoms with van der Waals surface area (Å²) >= 11 is 1.60. The third kappa shape index (κ3) is 4.04. The topological polar surface area (TPSA) is 89.1 Å². The summed E-state index contributed by atoms with van der Waals surface area (Å²) in [5.41, 5.74) is 2.82. The number of thiophene rings is 1. The number of amides is 1. The minimum absolute atomic E-state index is 0.197. The van der Waals surface area contributed by atoms with E-state index in [4.69, 9.17) is 9.47 Å². The Kier molecular flexibility index (Phi) is 5.76. The van der Waals surface area contributed by atoms with Crippen LogP contribution in [0.15, 0.2) is 48.0 Å². The highest BCUT2D eigenvalue weighted by Crippen LogP contribution is 2.32. The average molecular weight is 420 g/mol. The molecule has 0 aliphatic heterocycles. The van der Waals surface area contributed by atoms with Crippen LogP contribution in [-0.2, 0) is 6.54 Å². The van der Waals surface area contributed by atoms with Gasteiger partial charge in [-0.1, -0.05) is 12.1 Å². The van der Waals surface area contributed by atoms with Gasteiger partial charge in [0, 0.05) is 17.1 Å². The molecule has 0 atom stereocenters. The Bertz CT molecular complexity index is 1180. The standard InChI is InChI=1S/C22H20N4O3S/c1-28-19-10-6-14(12-23-19)5-8-17-20-18(26-25-17)9-7-16(21(20)29-2)22(27)24-13-15-4-3-11-30-15/h3-12H,13H2,1-2H3,(H,24,27)(H,25,26). The zero-order chi connectivity index (χ0) is 20.9. The van der Waals surface area contributed by atoms with E-state index in [9.17, 15) is 4.79 Å². The van der Waals surface area contributed by atoms with Crippen molar-refractivity contribution >= 4 is 40.3 Å². The van der Waals surface area contributed by atoms with E-state index >= 15 is 0 Å². The minimum atomic E-state index is -0.197. The number of H-pyrrole nitrogens is 1. The molecule has 30 heavy (non-hydrogen) atoms. The van der Waals surface area contributed by atoms with Crippen molar-refractivity contribution in [1.82, 2.24) is 20.5 Å². The summed E-state index contributed by atoms with van der Waals surface area (Å²) in [5.74, 6) is 0.840. The normalized spacial score (nSPS) is 11.1. The second-order valence-electron chi connectivity index (χ2n) is 6.41. The molecule has 0 unspecified atom stereocenters. The molecule has 2 N–H and O–H groups in total. The minimum Gasteiger partial charge on any atom is -0.495 e. The summed E-state index contributed by atoms with van der Waals surface area (Å²) in [6, 6.07) is 11.2. The smallest absolute Gasteiger partial charge is 0.255 e. The number of carbonyl (C=O) groups is 1. The van der Waals surface area contributed by atoms with Gasteiger partial charge in [0.15, 0.2) is 0 Å². The lowest BCUT2D eigenvalue weighted by Gasteiger charge is -2.10. The maximum absolute atomic E-state index is 12.8. The molecule has 0 fully saturated rings. The molecule has 1 amide bonds. The van der Waals surface area contributed by atoms with Crippen LogP contribution in [0.2, 0.25) is 0 Å². The van der Waals surface area contributed by atoms with Crippen LogP contribution in [0.3, 0.4) is 0 Å². The van der Waals surface area contributed by atoms with E-state index in [0.29, 0.717) is 29.4 Å². The van der Waals surface area contributed by atoms with E-state index in [0.717, 1.165) is 21.3 Å². The maximum atomic E-state index is 12.8. The summed E-state index contributed by atoms with van der Waals surface area (Å²) in [6.07, 6.45) is 5.47. The molecule has 0 spiro atoms. The summed E-state index contributed by atoms with van der Waals surface area (Å²) in [6.45, 7) is 0.473. The first-order valence-corrected chi connectivity index (χ1v) is 10.1. The molecule has 8 heteroatoms. The molecule has 0 aliphatic rings. The molecular formula is C22H20N4O3S. The molecule has 3 heterocycles. The number of hydrogen-bond donors (Lipinski definition) is 2. The monoisotopic (exact) mass is 420 g/mol. The quantitative estimate of drug-likeness (QED) is 0.469. The van der Waals surface area contributed by atoms with E-state index < -0.39 is 0 Å². The van der Waals surface area contributed by atoms with Crippen LogP contribution in [0.1, 0.15) is 26.5 Å². The molecule has 0 saturated heterocycles. The average Bonchev–Trinajstić information content (AvgIpc) is 3.45. The number of aromatic amines is 1. The predicted molar refractivity (Wildman–Crippen MR) is 118 cm³/mol. The first kappa shape index (κ1) is 19.7. The number of benzene rings is 1. The van der Waals surface area contributed by atoms with Crippen LogP contribution in [0.5, 0.6) is 11.6 Å². The number of nitrogens with zero attached hydrogens (tertiary/aromatic N) is 2. The van der Waals surface area contributed by atoms with Gasteiger partial charge in [-0.25, -0.2) is 4.98 Å². The Labute approximate surface area is 177 Å². The van der Waals surface area contributed by atoms with Crippen molar-refractivity contribution in [2.75, 3.05) is 14.2 Å². The predicted octanol–water partition coefficient (Wildman–Crippen LogP) is 4.14. The fraction of sp³-hybridized carbons (Fsp3) is 0.136. The lowest BCUT2D eigenvalue weighted by molar-refractivity contribution is 0.0948. The van der Waals surface area contributed by atoms with E-state index in [1.54, 1.807) is 43.9 Å². The molecule has 0 radical (unpaired) electrons. The zero-order valence-corrected chi connectivity index (χ0v) is 17.3. The van der Waals surface area contributed by atoms with Gasteiger partial charge in [0.2, 0.25) is 5.88 Å². The molecule has 1 aromatic carbocycles. The number of carbonyl (C=O) groups excluding carboxylic acids is 1. The number of methoxy groups -OCH3 is 2. The second kappa shape index (κ2) is 8.79. The van der Waals surface area contributed by atoms with Crippen LogP contribution in [-0.4, -0.2) is 35.3 Å². The van der Waals surface area contributed by atoms with Gasteiger partial charge in [0.05, 0.1) is 42.9 Å². The van der Waals surface area contributed by atoms with E-state index in [-0.39, 0.29) is 5.91 Å². The molecule has 0 saturated carbocycles. The van der Waals surface area contributed by atoms with Crippen molar-refractivity contribution in [3.8, 4) is 11.6 Å². The van der Waals surface area contributed by atoms with E-state index in [1.165, 1.54) is 0 Å².